The fourth-order valence-corrected chi connectivity index (χ4v) is 2.22. The van der Waals surface area contributed by atoms with Crippen LogP contribution in [-0.4, -0.2) is 18.8 Å². The van der Waals surface area contributed by atoms with Crippen molar-refractivity contribution < 1.29 is 14.3 Å². The van der Waals surface area contributed by atoms with E-state index >= 15 is 0 Å². The molecule has 2 aromatic rings. The Morgan fingerprint density at radius 1 is 1.00 bits per heavy atom. The van der Waals surface area contributed by atoms with E-state index in [0.717, 1.165) is 17.0 Å². The highest BCUT2D eigenvalue weighted by Gasteiger charge is 2.23. The maximum Gasteiger partial charge on any atom is 0.415 e. The Balaban J connectivity index is 2.28. The molecule has 4 heteroatoms. The van der Waals surface area contributed by atoms with E-state index in [2.05, 4.69) is 0 Å². The third-order valence-electron chi connectivity index (χ3n) is 3.46. The molecular formula is C20H25NO3. The van der Waals surface area contributed by atoms with Crippen molar-refractivity contribution >= 4 is 11.8 Å². The summed E-state index contributed by atoms with van der Waals surface area (Å²) in [4.78, 5) is 14.3. The number of hydrogen-bond donors (Lipinski definition) is 0. The molecule has 0 N–H and O–H groups in total. The predicted molar refractivity (Wildman–Crippen MR) is 96.6 cm³/mol. The molecule has 0 unspecified atom stereocenters. The number of nitrogens with zero attached hydrogens (tertiary/aromatic N) is 1. The number of ether oxygens (including phenoxy) is 2. The minimum absolute atomic E-state index is 0.367. The highest BCUT2D eigenvalue weighted by atomic mass is 16.6. The van der Waals surface area contributed by atoms with E-state index in [0.29, 0.717) is 6.54 Å². The van der Waals surface area contributed by atoms with Crippen LogP contribution in [0.3, 0.4) is 0 Å². The van der Waals surface area contributed by atoms with Gasteiger partial charge in [0.1, 0.15) is 11.4 Å². The van der Waals surface area contributed by atoms with Crippen LogP contribution in [0.2, 0.25) is 0 Å². The summed E-state index contributed by atoms with van der Waals surface area (Å²) in [5.41, 5.74) is 2.45. The Kier molecular flexibility index (Phi) is 5.50. The van der Waals surface area contributed by atoms with Crippen molar-refractivity contribution in [1.29, 1.82) is 0 Å². The number of carbonyl (C=O) groups is 1. The first kappa shape index (κ1) is 17.9. The number of amides is 1. The Morgan fingerprint density at radius 2 is 1.58 bits per heavy atom. The molecule has 0 aliphatic rings. The maximum absolute atomic E-state index is 12.7. The zero-order chi connectivity index (χ0) is 17.7. The molecule has 0 aliphatic heterocycles. The van der Waals surface area contributed by atoms with E-state index in [1.165, 1.54) is 5.56 Å². The first-order valence-corrected chi connectivity index (χ1v) is 7.98. The lowest BCUT2D eigenvalue weighted by Gasteiger charge is -2.27. The lowest BCUT2D eigenvalue weighted by Crippen LogP contribution is -2.36. The topological polar surface area (TPSA) is 38.8 Å². The van der Waals surface area contributed by atoms with Gasteiger partial charge in [-0.1, -0.05) is 29.8 Å². The Labute approximate surface area is 144 Å². The molecular weight excluding hydrogens is 302 g/mol. The van der Waals surface area contributed by atoms with Crippen LogP contribution < -0.4 is 9.64 Å². The van der Waals surface area contributed by atoms with Gasteiger partial charge >= 0.3 is 6.09 Å². The van der Waals surface area contributed by atoms with Gasteiger partial charge in [0.25, 0.3) is 0 Å². The predicted octanol–water partition coefficient (Wildman–Crippen LogP) is 4.95. The van der Waals surface area contributed by atoms with Gasteiger partial charge in [-0.25, -0.2) is 4.79 Å². The van der Waals surface area contributed by atoms with E-state index < -0.39 is 5.60 Å². The van der Waals surface area contributed by atoms with Crippen molar-refractivity contribution in [3.05, 3.63) is 59.7 Å². The molecule has 0 radical (unpaired) electrons. The van der Waals surface area contributed by atoms with Gasteiger partial charge in [-0.05, 0) is 57.5 Å². The zero-order valence-corrected chi connectivity index (χ0v) is 15.0. The smallest absolute Gasteiger partial charge is 0.415 e. The van der Waals surface area contributed by atoms with Gasteiger partial charge in [-0.2, -0.15) is 0 Å². The molecule has 0 bridgehead atoms. The zero-order valence-electron chi connectivity index (χ0n) is 15.0. The van der Waals surface area contributed by atoms with Crippen LogP contribution in [0, 0.1) is 6.92 Å². The van der Waals surface area contributed by atoms with Gasteiger partial charge in [0.05, 0.1) is 13.7 Å². The van der Waals surface area contributed by atoms with Crippen molar-refractivity contribution in [2.24, 2.45) is 0 Å². The fourth-order valence-electron chi connectivity index (χ4n) is 2.22. The number of hydrogen-bond acceptors (Lipinski definition) is 3. The van der Waals surface area contributed by atoms with Crippen LogP contribution >= 0.6 is 0 Å². The standard InChI is InChI=1S/C20H25NO3/c1-15-6-8-16(9-7-15)14-21(19(22)24-20(2,3)4)17-10-12-18(23-5)13-11-17/h6-13H,14H2,1-5H3. The first-order valence-electron chi connectivity index (χ1n) is 7.98. The normalized spacial score (nSPS) is 11.0. The largest absolute Gasteiger partial charge is 0.497 e. The second kappa shape index (κ2) is 7.39. The molecule has 1 amide bonds. The van der Waals surface area contributed by atoms with Gasteiger partial charge in [0.2, 0.25) is 0 Å². The Hall–Kier alpha value is -2.49. The van der Waals surface area contributed by atoms with Crippen LogP contribution in [-0.2, 0) is 11.3 Å². The minimum atomic E-state index is -0.547. The fraction of sp³-hybridized carbons (Fsp3) is 0.350. The second-order valence-electron chi connectivity index (χ2n) is 6.75. The van der Waals surface area contributed by atoms with E-state index in [-0.39, 0.29) is 6.09 Å². The molecule has 2 rings (SSSR count). The number of rotatable bonds is 4. The molecule has 0 spiro atoms. The quantitative estimate of drug-likeness (QED) is 0.798. The van der Waals surface area contributed by atoms with Gasteiger partial charge in [-0.3, -0.25) is 4.90 Å². The number of carbonyl (C=O) groups excluding carboxylic acids is 1. The molecule has 4 nitrogen and oxygen atoms in total. The van der Waals surface area contributed by atoms with Crippen molar-refractivity contribution in [3.8, 4) is 5.75 Å². The van der Waals surface area contributed by atoms with E-state index in [1.807, 2.05) is 76.2 Å². The molecule has 0 heterocycles. The average Bonchev–Trinajstić information content (AvgIpc) is 2.53. The molecule has 0 saturated heterocycles. The third kappa shape index (κ3) is 5.01. The van der Waals surface area contributed by atoms with Crippen LogP contribution in [0.5, 0.6) is 5.75 Å². The summed E-state index contributed by atoms with van der Waals surface area (Å²) >= 11 is 0. The number of anilines is 1. The summed E-state index contributed by atoms with van der Waals surface area (Å²) in [6.45, 7) is 8.08. The van der Waals surface area contributed by atoms with Crippen molar-refractivity contribution in [2.75, 3.05) is 12.0 Å². The van der Waals surface area contributed by atoms with Crippen LogP contribution in [0.4, 0.5) is 10.5 Å². The van der Waals surface area contributed by atoms with Gasteiger partial charge in [-0.15, -0.1) is 0 Å². The van der Waals surface area contributed by atoms with Crippen molar-refractivity contribution in [2.45, 2.75) is 39.8 Å². The summed E-state index contributed by atoms with van der Waals surface area (Å²) in [6.07, 6.45) is -0.367. The van der Waals surface area contributed by atoms with Gasteiger partial charge in [0, 0.05) is 5.69 Å². The molecule has 0 fully saturated rings. The SMILES string of the molecule is COc1ccc(N(Cc2ccc(C)cc2)C(=O)OC(C)(C)C)cc1. The van der Waals surface area contributed by atoms with E-state index in [1.54, 1.807) is 12.0 Å². The van der Waals surface area contributed by atoms with Crippen LogP contribution in [0.1, 0.15) is 31.9 Å². The highest BCUT2D eigenvalue weighted by Crippen LogP contribution is 2.23. The lowest BCUT2D eigenvalue weighted by molar-refractivity contribution is 0.0577. The minimum Gasteiger partial charge on any atom is -0.497 e. The number of aryl methyl sites for hydroxylation is 1. The molecule has 0 saturated carbocycles. The summed E-state index contributed by atoms with van der Waals surface area (Å²) in [7, 11) is 1.62. The Morgan fingerprint density at radius 3 is 2.08 bits per heavy atom. The van der Waals surface area contributed by atoms with Gasteiger partial charge in [0.15, 0.2) is 0 Å². The monoisotopic (exact) mass is 327 g/mol. The average molecular weight is 327 g/mol. The Bertz CT molecular complexity index is 670. The van der Waals surface area contributed by atoms with E-state index in [4.69, 9.17) is 9.47 Å². The summed E-state index contributed by atoms with van der Waals surface area (Å²) in [5.74, 6) is 0.748. The van der Waals surface area contributed by atoms with Crippen molar-refractivity contribution in [3.63, 3.8) is 0 Å². The molecule has 128 valence electrons. The summed E-state index contributed by atoms with van der Waals surface area (Å²) in [5, 5.41) is 0. The lowest BCUT2D eigenvalue weighted by atomic mass is 10.1. The summed E-state index contributed by atoms with van der Waals surface area (Å²) in [6, 6.07) is 15.5. The van der Waals surface area contributed by atoms with Gasteiger partial charge < -0.3 is 9.47 Å². The molecule has 0 aliphatic carbocycles. The van der Waals surface area contributed by atoms with Crippen LogP contribution in [0.25, 0.3) is 0 Å². The molecule has 24 heavy (non-hydrogen) atoms. The molecule has 2 aromatic carbocycles. The highest BCUT2D eigenvalue weighted by molar-refractivity contribution is 5.87. The number of benzene rings is 2. The molecule has 0 atom stereocenters. The third-order valence-corrected chi connectivity index (χ3v) is 3.46. The van der Waals surface area contributed by atoms with E-state index in [9.17, 15) is 4.79 Å². The number of methoxy groups -OCH3 is 1. The van der Waals surface area contributed by atoms with Crippen molar-refractivity contribution in [1.82, 2.24) is 0 Å². The maximum atomic E-state index is 12.7. The summed E-state index contributed by atoms with van der Waals surface area (Å²) < 4.78 is 10.7. The van der Waals surface area contributed by atoms with Crippen LogP contribution in [0.15, 0.2) is 48.5 Å². The molecule has 0 aromatic heterocycles. The second-order valence-corrected chi connectivity index (χ2v) is 6.75. The first-order chi connectivity index (χ1) is 11.3.